The van der Waals surface area contributed by atoms with E-state index < -0.39 is 0 Å². The van der Waals surface area contributed by atoms with Crippen LogP contribution >= 0.6 is 11.3 Å². The zero-order chi connectivity index (χ0) is 8.27. The summed E-state index contributed by atoms with van der Waals surface area (Å²) in [5.41, 5.74) is 7.26. The standard InChI is InChI=1S/C4H7N5OS/c5-4-9-8-3(11-4)1-2(10)7-6/h1,6H2,(H2,5,9)(H,7,10). The van der Waals surface area contributed by atoms with E-state index in [0.717, 1.165) is 0 Å². The van der Waals surface area contributed by atoms with Gasteiger partial charge in [-0.25, -0.2) is 5.84 Å². The van der Waals surface area contributed by atoms with Crippen molar-refractivity contribution in [3.63, 3.8) is 0 Å². The molecule has 0 radical (unpaired) electrons. The lowest BCUT2D eigenvalue weighted by Gasteiger charge is -1.91. The van der Waals surface area contributed by atoms with E-state index in [4.69, 9.17) is 11.6 Å². The first-order chi connectivity index (χ1) is 5.22. The number of hydrazine groups is 1. The molecule has 0 spiro atoms. The van der Waals surface area contributed by atoms with E-state index in [9.17, 15) is 4.79 Å². The van der Waals surface area contributed by atoms with Gasteiger partial charge in [-0.15, -0.1) is 10.2 Å². The molecule has 0 bridgehead atoms. The maximum atomic E-state index is 10.7. The molecule has 1 aromatic rings. The van der Waals surface area contributed by atoms with E-state index in [1.54, 1.807) is 0 Å². The minimum absolute atomic E-state index is 0.130. The number of nitrogen functional groups attached to an aromatic ring is 1. The van der Waals surface area contributed by atoms with Crippen molar-refractivity contribution in [2.75, 3.05) is 5.73 Å². The number of carbonyl (C=O) groups is 1. The molecule has 11 heavy (non-hydrogen) atoms. The summed E-state index contributed by atoms with van der Waals surface area (Å²) in [6, 6.07) is 0. The lowest BCUT2D eigenvalue weighted by molar-refractivity contribution is -0.120. The van der Waals surface area contributed by atoms with Crippen molar-refractivity contribution in [2.45, 2.75) is 6.42 Å². The normalized spacial score (nSPS) is 9.55. The maximum absolute atomic E-state index is 10.7. The van der Waals surface area contributed by atoms with Crippen molar-refractivity contribution in [2.24, 2.45) is 5.84 Å². The molecular weight excluding hydrogens is 166 g/mol. The molecule has 0 unspecified atom stereocenters. The zero-order valence-electron chi connectivity index (χ0n) is 5.57. The fourth-order valence-electron chi connectivity index (χ4n) is 0.526. The van der Waals surface area contributed by atoms with Crippen LogP contribution in [0.25, 0.3) is 0 Å². The third kappa shape index (κ3) is 2.13. The number of aromatic nitrogens is 2. The molecule has 0 saturated carbocycles. The van der Waals surface area contributed by atoms with Gasteiger partial charge < -0.3 is 5.73 Å². The Kier molecular flexibility index (Phi) is 2.34. The van der Waals surface area contributed by atoms with Gasteiger partial charge in [0.2, 0.25) is 11.0 Å². The summed E-state index contributed by atoms with van der Waals surface area (Å²) in [4.78, 5) is 10.7. The van der Waals surface area contributed by atoms with Crippen molar-refractivity contribution in [1.29, 1.82) is 0 Å². The predicted octanol–water partition coefficient (Wildman–Crippen LogP) is -1.35. The van der Waals surface area contributed by atoms with Gasteiger partial charge in [0.25, 0.3) is 0 Å². The molecule has 1 aromatic heterocycles. The molecule has 60 valence electrons. The molecule has 0 aliphatic heterocycles. The first-order valence-corrected chi connectivity index (χ1v) is 3.61. The molecule has 0 fully saturated rings. The van der Waals surface area contributed by atoms with Crippen molar-refractivity contribution < 1.29 is 4.79 Å². The van der Waals surface area contributed by atoms with Gasteiger partial charge in [-0.2, -0.15) is 0 Å². The highest BCUT2D eigenvalue weighted by Gasteiger charge is 2.05. The summed E-state index contributed by atoms with van der Waals surface area (Å²) in [6.07, 6.45) is 0.130. The number of carbonyl (C=O) groups excluding carboxylic acids is 1. The smallest absolute Gasteiger partial charge is 0.240 e. The van der Waals surface area contributed by atoms with E-state index in [0.29, 0.717) is 10.1 Å². The van der Waals surface area contributed by atoms with Gasteiger partial charge in [0.15, 0.2) is 0 Å². The van der Waals surface area contributed by atoms with Crippen LogP contribution in [0.1, 0.15) is 5.01 Å². The number of anilines is 1. The Balaban J connectivity index is 2.57. The lowest BCUT2D eigenvalue weighted by Crippen LogP contribution is -2.31. The van der Waals surface area contributed by atoms with E-state index >= 15 is 0 Å². The third-order valence-corrected chi connectivity index (χ3v) is 1.71. The van der Waals surface area contributed by atoms with E-state index in [1.807, 2.05) is 5.43 Å². The highest BCUT2D eigenvalue weighted by molar-refractivity contribution is 7.15. The van der Waals surface area contributed by atoms with E-state index in [2.05, 4.69) is 10.2 Å². The predicted molar refractivity (Wildman–Crippen MR) is 40.4 cm³/mol. The van der Waals surface area contributed by atoms with Gasteiger partial charge in [0.1, 0.15) is 5.01 Å². The van der Waals surface area contributed by atoms with E-state index in [-0.39, 0.29) is 12.3 Å². The fraction of sp³-hybridized carbons (Fsp3) is 0.250. The Hall–Kier alpha value is -1.21. The Morgan fingerprint density at radius 1 is 1.64 bits per heavy atom. The summed E-state index contributed by atoms with van der Waals surface area (Å²) < 4.78 is 0. The molecule has 1 heterocycles. The van der Waals surface area contributed by atoms with Gasteiger partial charge in [-0.1, -0.05) is 11.3 Å². The molecule has 1 rings (SSSR count). The number of rotatable bonds is 2. The minimum Gasteiger partial charge on any atom is -0.374 e. The second-order valence-corrected chi connectivity index (χ2v) is 2.87. The molecular formula is C4H7N5OS. The molecule has 1 amide bonds. The monoisotopic (exact) mass is 173 g/mol. The highest BCUT2D eigenvalue weighted by Crippen LogP contribution is 2.10. The van der Waals surface area contributed by atoms with Crippen molar-refractivity contribution in [3.05, 3.63) is 5.01 Å². The lowest BCUT2D eigenvalue weighted by atomic mass is 10.4. The Labute approximate surface area is 66.6 Å². The molecule has 0 saturated heterocycles. The van der Waals surface area contributed by atoms with Crippen LogP contribution in [0.15, 0.2) is 0 Å². The number of nitrogens with one attached hydrogen (secondary N) is 1. The summed E-state index contributed by atoms with van der Waals surface area (Å²) in [5, 5.41) is 8.07. The number of amides is 1. The van der Waals surface area contributed by atoms with Crippen molar-refractivity contribution in [3.8, 4) is 0 Å². The molecule has 5 N–H and O–H groups in total. The molecule has 0 aromatic carbocycles. The van der Waals surface area contributed by atoms with Crippen LogP contribution in [-0.4, -0.2) is 16.1 Å². The third-order valence-electron chi connectivity index (χ3n) is 0.955. The Morgan fingerprint density at radius 2 is 2.36 bits per heavy atom. The SMILES string of the molecule is NNC(=O)Cc1nnc(N)s1. The molecule has 0 aliphatic rings. The average molecular weight is 173 g/mol. The van der Waals surface area contributed by atoms with Crippen molar-refractivity contribution >= 4 is 22.4 Å². The number of nitrogens with zero attached hydrogens (tertiary/aromatic N) is 2. The number of hydrogen-bond acceptors (Lipinski definition) is 6. The number of hydrogen-bond donors (Lipinski definition) is 3. The van der Waals surface area contributed by atoms with Crippen LogP contribution in [0.3, 0.4) is 0 Å². The minimum atomic E-state index is -0.304. The van der Waals surface area contributed by atoms with Crippen LogP contribution in [0.4, 0.5) is 5.13 Å². The highest BCUT2D eigenvalue weighted by atomic mass is 32.1. The van der Waals surface area contributed by atoms with Gasteiger partial charge in [0, 0.05) is 0 Å². The fourth-order valence-corrected chi connectivity index (χ4v) is 1.13. The Morgan fingerprint density at radius 3 is 2.82 bits per heavy atom. The van der Waals surface area contributed by atoms with Crippen molar-refractivity contribution in [1.82, 2.24) is 15.6 Å². The topological polar surface area (TPSA) is 107 Å². The van der Waals surface area contributed by atoms with Gasteiger partial charge >= 0.3 is 0 Å². The molecule has 6 nitrogen and oxygen atoms in total. The summed E-state index contributed by atoms with van der Waals surface area (Å²) >= 11 is 1.17. The zero-order valence-corrected chi connectivity index (χ0v) is 6.39. The average Bonchev–Trinajstić information content (AvgIpc) is 2.35. The summed E-state index contributed by atoms with van der Waals surface area (Å²) in [6.45, 7) is 0. The molecule has 0 aliphatic carbocycles. The largest absolute Gasteiger partial charge is 0.374 e. The second-order valence-electron chi connectivity index (χ2n) is 1.78. The van der Waals surface area contributed by atoms with E-state index in [1.165, 1.54) is 11.3 Å². The van der Waals surface area contributed by atoms with Crippen LogP contribution in [0.5, 0.6) is 0 Å². The van der Waals surface area contributed by atoms with Crippen LogP contribution in [0, 0.1) is 0 Å². The summed E-state index contributed by atoms with van der Waals surface area (Å²) in [5.74, 6) is 4.55. The van der Waals surface area contributed by atoms with Gasteiger partial charge in [-0.05, 0) is 0 Å². The van der Waals surface area contributed by atoms with Gasteiger partial charge in [-0.3, -0.25) is 10.2 Å². The first-order valence-electron chi connectivity index (χ1n) is 2.79. The molecule has 0 atom stereocenters. The van der Waals surface area contributed by atoms with Gasteiger partial charge in [0.05, 0.1) is 6.42 Å². The molecule has 7 heteroatoms. The summed E-state index contributed by atoms with van der Waals surface area (Å²) in [7, 11) is 0. The van der Waals surface area contributed by atoms with Crippen LogP contribution in [0.2, 0.25) is 0 Å². The van der Waals surface area contributed by atoms with Crippen LogP contribution in [-0.2, 0) is 11.2 Å². The number of nitrogens with two attached hydrogens (primary N) is 2. The quantitative estimate of drug-likeness (QED) is 0.291. The Bertz CT molecular complexity index is 259. The first kappa shape index (κ1) is 7.89. The van der Waals surface area contributed by atoms with Crippen LogP contribution < -0.4 is 17.0 Å². The maximum Gasteiger partial charge on any atom is 0.240 e. The second kappa shape index (κ2) is 3.26.